The van der Waals surface area contributed by atoms with E-state index >= 15 is 0 Å². The maximum Gasteiger partial charge on any atom is 0.246 e. The molecule has 1 aliphatic heterocycles. The second-order valence-corrected chi connectivity index (χ2v) is 5.10. The van der Waals surface area contributed by atoms with Crippen molar-refractivity contribution < 1.29 is 10.0 Å². The summed E-state index contributed by atoms with van der Waals surface area (Å²) < 4.78 is 0. The molecule has 0 aliphatic carbocycles. The molecule has 6 nitrogen and oxygen atoms in total. The molecule has 0 fully saturated rings. The molecule has 112 valence electrons. The molecule has 3 rings (SSSR count). The summed E-state index contributed by atoms with van der Waals surface area (Å²) in [6.07, 6.45) is 0. The average molecular weight is 317 g/mol. The van der Waals surface area contributed by atoms with Crippen LogP contribution < -0.4 is 10.5 Å². The van der Waals surface area contributed by atoms with Crippen molar-refractivity contribution in [3.63, 3.8) is 0 Å². The molecule has 2 aromatic rings. The molecular formula is C15H11ClN3O3-. The summed E-state index contributed by atoms with van der Waals surface area (Å²) in [5.41, 5.74) is 2.20. The first-order chi connectivity index (χ1) is 10.6. The van der Waals surface area contributed by atoms with Crippen LogP contribution in [0, 0.1) is 5.21 Å². The van der Waals surface area contributed by atoms with Crippen LogP contribution in [0.5, 0.6) is 0 Å². The number of benzene rings is 2. The number of nitrogens with zero attached hydrogens (tertiary/aromatic N) is 2. The highest BCUT2D eigenvalue weighted by molar-refractivity contribution is 6.36. The predicted molar refractivity (Wildman–Crippen MR) is 84.7 cm³/mol. The fraction of sp³-hybridized carbons (Fsp3) is 0.0667. The third-order valence-corrected chi connectivity index (χ3v) is 3.59. The second kappa shape index (κ2) is 5.76. The zero-order valence-electron chi connectivity index (χ0n) is 11.3. The van der Waals surface area contributed by atoms with Gasteiger partial charge in [0.05, 0.1) is 17.1 Å². The molecule has 0 saturated carbocycles. The minimum absolute atomic E-state index is 0.0367. The predicted octanol–water partition coefficient (Wildman–Crippen LogP) is 2.82. The van der Waals surface area contributed by atoms with Crippen molar-refractivity contribution in [3.05, 3.63) is 63.8 Å². The highest BCUT2D eigenvalue weighted by atomic mass is 35.5. The maximum atomic E-state index is 11.8. The van der Waals surface area contributed by atoms with Gasteiger partial charge in [-0.15, -0.1) is 0 Å². The van der Waals surface area contributed by atoms with Crippen molar-refractivity contribution in [2.45, 2.75) is 0 Å². The van der Waals surface area contributed by atoms with Crippen molar-refractivity contribution in [2.24, 2.45) is 4.99 Å². The number of hydrogen-bond donors (Lipinski definition) is 2. The van der Waals surface area contributed by atoms with Crippen LogP contribution in [0.15, 0.2) is 47.5 Å². The van der Waals surface area contributed by atoms with Crippen LogP contribution in [0.25, 0.3) is 0 Å². The quantitative estimate of drug-likeness (QED) is 0.834. The van der Waals surface area contributed by atoms with Gasteiger partial charge in [0.2, 0.25) is 5.91 Å². The lowest BCUT2D eigenvalue weighted by Gasteiger charge is -2.23. The van der Waals surface area contributed by atoms with E-state index in [0.717, 1.165) is 0 Å². The van der Waals surface area contributed by atoms with Gasteiger partial charge in [-0.05, 0) is 24.3 Å². The van der Waals surface area contributed by atoms with Crippen molar-refractivity contribution >= 4 is 34.6 Å². The Bertz CT molecular complexity index is 774. The minimum atomic E-state index is -0.265. The zero-order chi connectivity index (χ0) is 15.7. The summed E-state index contributed by atoms with van der Waals surface area (Å²) in [5.74, 6) is -0.265. The fourth-order valence-corrected chi connectivity index (χ4v) is 2.49. The van der Waals surface area contributed by atoms with E-state index in [0.29, 0.717) is 27.5 Å². The number of carbonyl (C=O) groups is 1. The third-order valence-electron chi connectivity index (χ3n) is 3.26. The lowest BCUT2D eigenvalue weighted by Crippen LogP contribution is -2.14. The Kier molecular flexibility index (Phi) is 3.81. The summed E-state index contributed by atoms with van der Waals surface area (Å²) in [5, 5.41) is 23.1. The van der Waals surface area contributed by atoms with E-state index in [1.165, 1.54) is 12.1 Å². The molecule has 1 amide bonds. The van der Waals surface area contributed by atoms with Gasteiger partial charge in [-0.1, -0.05) is 29.8 Å². The molecule has 7 heteroatoms. The summed E-state index contributed by atoms with van der Waals surface area (Å²) in [6, 6.07) is 11.5. The van der Waals surface area contributed by atoms with E-state index in [-0.39, 0.29) is 23.4 Å². The topological polar surface area (TPSA) is 88.0 Å². The molecule has 2 N–H and O–H groups in total. The van der Waals surface area contributed by atoms with E-state index in [2.05, 4.69) is 10.3 Å². The van der Waals surface area contributed by atoms with E-state index in [1.54, 1.807) is 30.3 Å². The third kappa shape index (κ3) is 2.67. The Morgan fingerprint density at radius 2 is 2.00 bits per heavy atom. The monoisotopic (exact) mass is 316 g/mol. The Morgan fingerprint density at radius 3 is 2.73 bits per heavy atom. The summed E-state index contributed by atoms with van der Waals surface area (Å²) in [7, 11) is 0. The van der Waals surface area contributed by atoms with Gasteiger partial charge in [-0.25, -0.2) is 0 Å². The molecule has 2 aromatic carbocycles. The van der Waals surface area contributed by atoms with Crippen molar-refractivity contribution in [3.8, 4) is 0 Å². The van der Waals surface area contributed by atoms with E-state index in [9.17, 15) is 10.0 Å². The number of hydrogen-bond acceptors (Lipinski definition) is 5. The second-order valence-electron chi connectivity index (χ2n) is 4.70. The summed E-state index contributed by atoms with van der Waals surface area (Å²) in [4.78, 5) is 16.0. The lowest BCUT2D eigenvalue weighted by molar-refractivity contribution is -0.114. The van der Waals surface area contributed by atoms with Crippen LogP contribution in [0.4, 0.5) is 11.4 Å². The fourth-order valence-electron chi connectivity index (χ4n) is 2.27. The van der Waals surface area contributed by atoms with Gasteiger partial charge < -0.3 is 15.8 Å². The Labute approximate surface area is 131 Å². The van der Waals surface area contributed by atoms with Gasteiger partial charge in [0.25, 0.3) is 0 Å². The van der Waals surface area contributed by atoms with Crippen LogP contribution in [0.1, 0.15) is 11.1 Å². The molecule has 22 heavy (non-hydrogen) atoms. The van der Waals surface area contributed by atoms with Gasteiger partial charge in [-0.3, -0.25) is 15.0 Å². The Morgan fingerprint density at radius 1 is 1.23 bits per heavy atom. The van der Waals surface area contributed by atoms with Crippen LogP contribution in [0.3, 0.4) is 0 Å². The highest BCUT2D eigenvalue weighted by Crippen LogP contribution is 2.29. The molecule has 0 saturated heterocycles. The van der Waals surface area contributed by atoms with E-state index in [1.807, 2.05) is 0 Å². The lowest BCUT2D eigenvalue weighted by atomic mass is 10.00. The number of benzodiazepines with no additional fused rings is 1. The number of carbonyl (C=O) groups excluding carboxylic acids is 1. The number of halogens is 1. The van der Waals surface area contributed by atoms with Gasteiger partial charge in [0.15, 0.2) is 0 Å². The Hall–Kier alpha value is -2.41. The molecule has 0 unspecified atom stereocenters. The number of fused-ring (bicyclic) bond motifs is 1. The van der Waals surface area contributed by atoms with Crippen molar-refractivity contribution in [1.29, 1.82) is 0 Å². The molecule has 0 aromatic heterocycles. The smallest absolute Gasteiger partial charge is 0.246 e. The first kappa shape index (κ1) is 14.5. The molecule has 1 aliphatic rings. The number of anilines is 2. The normalized spacial score (nSPS) is 13.8. The number of rotatable bonds is 2. The molecule has 1 heterocycles. The number of aliphatic imine (C=N–C) groups is 1. The first-order valence-electron chi connectivity index (χ1n) is 6.46. The van der Waals surface area contributed by atoms with Crippen molar-refractivity contribution in [2.75, 3.05) is 17.1 Å². The van der Waals surface area contributed by atoms with Gasteiger partial charge in [0.1, 0.15) is 6.54 Å². The molecule has 0 spiro atoms. The largest absolute Gasteiger partial charge is 0.733 e. The molecule has 0 bridgehead atoms. The van der Waals surface area contributed by atoms with Crippen LogP contribution in [-0.2, 0) is 4.79 Å². The maximum absolute atomic E-state index is 11.8. The standard InChI is InChI=1S/C15H11ClN3O3/c16-12-4-2-1-3-10(12)15-11-7-9(19(21)22)5-6-13(11)18-14(20)8-17-15/h1-7,21H,8H2,(H,18,20)/q-1. The molecular weight excluding hydrogens is 306 g/mol. The summed E-state index contributed by atoms with van der Waals surface area (Å²) in [6.45, 7) is -0.0508. The first-order valence-corrected chi connectivity index (χ1v) is 6.84. The number of amides is 1. The van der Waals surface area contributed by atoms with Gasteiger partial charge in [0, 0.05) is 16.1 Å². The summed E-state index contributed by atoms with van der Waals surface area (Å²) >= 11 is 6.21. The SMILES string of the molecule is O=C1CN=C(c2ccccc2Cl)c2cc(N([O-])O)ccc2N1. The zero-order valence-corrected chi connectivity index (χ0v) is 12.0. The van der Waals surface area contributed by atoms with E-state index < -0.39 is 0 Å². The molecule has 0 radical (unpaired) electrons. The Balaban J connectivity index is 2.21. The van der Waals surface area contributed by atoms with Gasteiger partial charge in [-0.2, -0.15) is 0 Å². The molecule has 0 atom stereocenters. The van der Waals surface area contributed by atoms with Crippen LogP contribution >= 0.6 is 11.6 Å². The number of nitrogens with one attached hydrogen (secondary N) is 1. The highest BCUT2D eigenvalue weighted by Gasteiger charge is 2.20. The van der Waals surface area contributed by atoms with Crippen molar-refractivity contribution in [1.82, 2.24) is 0 Å². The van der Waals surface area contributed by atoms with Crippen LogP contribution in [-0.4, -0.2) is 23.4 Å². The van der Waals surface area contributed by atoms with E-state index in [4.69, 9.17) is 16.8 Å². The van der Waals surface area contributed by atoms with Gasteiger partial charge >= 0.3 is 0 Å². The minimum Gasteiger partial charge on any atom is -0.733 e. The van der Waals surface area contributed by atoms with Crippen LogP contribution in [0.2, 0.25) is 5.02 Å². The average Bonchev–Trinajstić information content (AvgIpc) is 2.65.